The highest BCUT2D eigenvalue weighted by Crippen LogP contribution is 2.44. The summed E-state index contributed by atoms with van der Waals surface area (Å²) in [6, 6.07) is 18.7. The molecule has 0 fully saturated rings. The molecule has 6 nitrogen and oxygen atoms in total. The van der Waals surface area contributed by atoms with Gasteiger partial charge in [-0.3, -0.25) is 14.5 Å². The molecule has 0 saturated heterocycles. The van der Waals surface area contributed by atoms with Crippen molar-refractivity contribution in [1.29, 1.82) is 0 Å². The number of rotatable bonds is 5. The molecule has 1 amide bonds. The Bertz CT molecular complexity index is 1540. The Hall–Kier alpha value is -4.23. The first-order chi connectivity index (χ1) is 16.8. The average Bonchev–Trinajstić information content (AvgIpc) is 3.37. The van der Waals surface area contributed by atoms with Crippen LogP contribution >= 0.6 is 11.3 Å². The minimum absolute atomic E-state index is 0.0105. The molecule has 1 aliphatic heterocycles. The van der Waals surface area contributed by atoms with Crippen molar-refractivity contribution in [1.82, 2.24) is 4.98 Å². The lowest BCUT2D eigenvalue weighted by molar-refractivity contribution is -0.117. The topological polar surface area (TPSA) is 90.7 Å². The second kappa shape index (κ2) is 8.85. The highest BCUT2D eigenvalue weighted by molar-refractivity contribution is 7.22. The normalized spacial score (nSPS) is 16.1. The van der Waals surface area contributed by atoms with Crippen molar-refractivity contribution < 1.29 is 19.8 Å². The van der Waals surface area contributed by atoms with Crippen LogP contribution in [0.1, 0.15) is 28.3 Å². The summed E-state index contributed by atoms with van der Waals surface area (Å²) in [5, 5.41) is 21.4. The molecule has 0 bridgehead atoms. The van der Waals surface area contributed by atoms with E-state index >= 15 is 0 Å². The largest absolute Gasteiger partial charge is 0.508 e. The molecular formula is C28H22N2O4S. The number of nitrogens with zero attached hydrogens (tertiary/aromatic N) is 2. The van der Waals surface area contributed by atoms with Crippen LogP contribution in [0.4, 0.5) is 5.13 Å². The van der Waals surface area contributed by atoms with Gasteiger partial charge in [0.1, 0.15) is 5.75 Å². The second-order valence-electron chi connectivity index (χ2n) is 8.47. The van der Waals surface area contributed by atoms with E-state index in [1.165, 1.54) is 34.4 Å². The summed E-state index contributed by atoms with van der Waals surface area (Å²) in [5.41, 5.74) is 4.06. The Morgan fingerprint density at radius 2 is 1.80 bits per heavy atom. The summed E-state index contributed by atoms with van der Waals surface area (Å²) in [5.74, 6) is -1.83. The van der Waals surface area contributed by atoms with Crippen molar-refractivity contribution in [3.8, 4) is 5.75 Å². The smallest absolute Gasteiger partial charge is 0.296 e. The number of fused-ring (bicyclic) bond motifs is 1. The van der Waals surface area contributed by atoms with Crippen molar-refractivity contribution in [2.45, 2.75) is 19.9 Å². The molecule has 5 rings (SSSR count). The molecule has 1 aromatic heterocycles. The Morgan fingerprint density at radius 3 is 2.54 bits per heavy atom. The van der Waals surface area contributed by atoms with Gasteiger partial charge in [0.25, 0.3) is 5.91 Å². The van der Waals surface area contributed by atoms with Crippen LogP contribution in [0.3, 0.4) is 0 Å². The third-order valence-corrected chi connectivity index (χ3v) is 6.91. The summed E-state index contributed by atoms with van der Waals surface area (Å²) in [6.45, 7) is 3.95. The number of aryl methyl sites for hydroxylation is 2. The van der Waals surface area contributed by atoms with E-state index in [4.69, 9.17) is 4.98 Å². The molecular weight excluding hydrogens is 460 g/mol. The summed E-state index contributed by atoms with van der Waals surface area (Å²) >= 11 is 1.32. The van der Waals surface area contributed by atoms with Crippen LogP contribution in [0.5, 0.6) is 5.75 Å². The molecule has 2 heterocycles. The lowest BCUT2D eigenvalue weighted by Gasteiger charge is -2.24. The highest BCUT2D eigenvalue weighted by atomic mass is 32.1. The number of carbonyl (C=O) groups is 2. The number of allylic oxidation sites excluding steroid dienone is 1. The van der Waals surface area contributed by atoms with Gasteiger partial charge in [-0.15, -0.1) is 0 Å². The summed E-state index contributed by atoms with van der Waals surface area (Å²) in [7, 11) is 0. The van der Waals surface area contributed by atoms with E-state index in [0.717, 1.165) is 26.9 Å². The van der Waals surface area contributed by atoms with Crippen molar-refractivity contribution in [3.05, 3.63) is 106 Å². The minimum Gasteiger partial charge on any atom is -0.508 e. The van der Waals surface area contributed by atoms with Crippen molar-refractivity contribution in [3.63, 3.8) is 0 Å². The number of hydrogen-bond acceptors (Lipinski definition) is 6. The predicted molar refractivity (Wildman–Crippen MR) is 138 cm³/mol. The van der Waals surface area contributed by atoms with Gasteiger partial charge in [0.05, 0.1) is 21.8 Å². The van der Waals surface area contributed by atoms with Gasteiger partial charge in [0.15, 0.2) is 16.7 Å². The third kappa shape index (κ3) is 4.11. The van der Waals surface area contributed by atoms with E-state index < -0.39 is 23.5 Å². The first-order valence-electron chi connectivity index (χ1n) is 11.0. The first-order valence-corrected chi connectivity index (χ1v) is 11.9. The summed E-state index contributed by atoms with van der Waals surface area (Å²) in [4.78, 5) is 32.7. The van der Waals surface area contributed by atoms with Gasteiger partial charge in [-0.05, 0) is 60.4 Å². The number of phenols is 1. The Morgan fingerprint density at radius 1 is 1.03 bits per heavy atom. The fraction of sp³-hybridized carbons (Fsp3) is 0.107. The maximum absolute atomic E-state index is 13.3. The van der Waals surface area contributed by atoms with Crippen LogP contribution < -0.4 is 4.90 Å². The van der Waals surface area contributed by atoms with Crippen LogP contribution in [0, 0.1) is 13.8 Å². The zero-order valence-corrected chi connectivity index (χ0v) is 19.9. The molecule has 1 aliphatic rings. The number of carbonyl (C=O) groups excluding carboxylic acids is 2. The molecule has 35 heavy (non-hydrogen) atoms. The fourth-order valence-electron chi connectivity index (χ4n) is 4.35. The quantitative estimate of drug-likeness (QED) is 0.351. The molecule has 1 unspecified atom stereocenters. The zero-order chi connectivity index (χ0) is 24.7. The van der Waals surface area contributed by atoms with E-state index in [1.54, 1.807) is 18.2 Å². The van der Waals surface area contributed by atoms with E-state index in [9.17, 15) is 19.8 Å². The van der Waals surface area contributed by atoms with Crippen LogP contribution in [-0.4, -0.2) is 26.9 Å². The number of amides is 1. The lowest BCUT2D eigenvalue weighted by Crippen LogP contribution is -2.30. The molecule has 0 spiro atoms. The SMILES string of the molecule is Cc1cc(C)c2nc(N3C(=O)C(O)=C(C(=O)/C=C/c4ccccc4)C3c3cccc(O)c3)sc2c1. The summed E-state index contributed by atoms with van der Waals surface area (Å²) in [6.07, 6.45) is 2.98. The standard InChI is InChI=1S/C28H22N2O4S/c1-16-13-17(2)24-22(14-16)35-28(29-24)30-25(19-9-6-10-20(31)15-19)23(26(33)27(30)34)21(32)12-11-18-7-4-3-5-8-18/h3-15,25,31,33H,1-2H3/b12-11+. The number of phenolic OH excluding ortho intramolecular Hbond substituents is 1. The van der Waals surface area contributed by atoms with Crippen molar-refractivity contribution in [2.75, 3.05) is 4.90 Å². The van der Waals surface area contributed by atoms with Crippen molar-refractivity contribution >= 4 is 44.5 Å². The highest BCUT2D eigenvalue weighted by Gasteiger charge is 2.45. The van der Waals surface area contributed by atoms with E-state index in [0.29, 0.717) is 10.7 Å². The second-order valence-corrected chi connectivity index (χ2v) is 9.48. The zero-order valence-electron chi connectivity index (χ0n) is 19.1. The van der Waals surface area contributed by atoms with Gasteiger partial charge in [0.2, 0.25) is 0 Å². The predicted octanol–water partition coefficient (Wildman–Crippen LogP) is 5.80. The molecule has 3 aromatic carbocycles. The third-order valence-electron chi connectivity index (χ3n) is 5.91. The first kappa shape index (κ1) is 22.6. The van der Waals surface area contributed by atoms with Gasteiger partial charge in [-0.2, -0.15) is 0 Å². The maximum Gasteiger partial charge on any atom is 0.296 e. The number of aromatic nitrogens is 1. The maximum atomic E-state index is 13.3. The average molecular weight is 483 g/mol. The Labute approximate surface area is 206 Å². The molecule has 0 aliphatic carbocycles. The molecule has 4 aromatic rings. The van der Waals surface area contributed by atoms with Gasteiger partial charge >= 0.3 is 0 Å². The van der Waals surface area contributed by atoms with Crippen molar-refractivity contribution in [2.24, 2.45) is 0 Å². The van der Waals surface area contributed by atoms with Crippen LogP contribution in [0.2, 0.25) is 0 Å². The minimum atomic E-state index is -0.940. The fourth-order valence-corrected chi connectivity index (χ4v) is 5.52. The molecule has 0 saturated carbocycles. The number of aliphatic hydroxyl groups excluding tert-OH is 1. The molecule has 1 atom stereocenters. The molecule has 174 valence electrons. The van der Waals surface area contributed by atoms with Gasteiger partial charge in [-0.1, -0.05) is 65.9 Å². The van der Waals surface area contributed by atoms with Crippen LogP contribution in [0.15, 0.2) is 84.1 Å². The molecule has 0 radical (unpaired) electrons. The van der Waals surface area contributed by atoms with Gasteiger partial charge < -0.3 is 10.2 Å². The van der Waals surface area contributed by atoms with Crippen LogP contribution in [0.25, 0.3) is 16.3 Å². The van der Waals surface area contributed by atoms with Gasteiger partial charge in [0, 0.05) is 0 Å². The monoisotopic (exact) mass is 482 g/mol. The number of thiazole rings is 1. The molecule has 2 N–H and O–H groups in total. The number of anilines is 1. The molecule has 7 heteroatoms. The lowest BCUT2D eigenvalue weighted by atomic mass is 9.95. The van der Waals surface area contributed by atoms with E-state index in [2.05, 4.69) is 0 Å². The number of ketones is 1. The number of aliphatic hydroxyl groups is 1. The van der Waals surface area contributed by atoms with Crippen LogP contribution in [-0.2, 0) is 9.59 Å². The summed E-state index contributed by atoms with van der Waals surface area (Å²) < 4.78 is 0.906. The van der Waals surface area contributed by atoms with E-state index in [-0.39, 0.29) is 11.3 Å². The number of hydrogen-bond donors (Lipinski definition) is 2. The Balaban J connectivity index is 1.63. The Kier molecular flexibility index (Phi) is 5.70. The van der Waals surface area contributed by atoms with Gasteiger partial charge in [-0.25, -0.2) is 4.98 Å². The number of benzene rings is 3. The van der Waals surface area contributed by atoms with E-state index in [1.807, 2.05) is 56.3 Å². The number of aromatic hydroxyl groups is 1.